The summed E-state index contributed by atoms with van der Waals surface area (Å²) in [5.74, 6) is -0.439. The van der Waals surface area contributed by atoms with Gasteiger partial charge >= 0.3 is 0 Å². The number of carbonyl (C=O) groups excluding carboxylic acids is 1. The smallest absolute Gasteiger partial charge is 0.238 e. The zero-order chi connectivity index (χ0) is 11.4. The van der Waals surface area contributed by atoms with Crippen molar-refractivity contribution in [1.29, 1.82) is 0 Å². The van der Waals surface area contributed by atoms with Crippen molar-refractivity contribution < 1.29 is 13.2 Å². The van der Waals surface area contributed by atoms with Gasteiger partial charge in [-0.25, -0.2) is 8.42 Å². The summed E-state index contributed by atoms with van der Waals surface area (Å²) >= 11 is 3.34. The van der Waals surface area contributed by atoms with Crippen molar-refractivity contribution in [2.24, 2.45) is 0 Å². The van der Waals surface area contributed by atoms with Crippen LogP contribution in [-0.2, 0) is 14.6 Å². The number of sulfone groups is 1. The lowest BCUT2D eigenvalue weighted by molar-refractivity contribution is -0.120. The van der Waals surface area contributed by atoms with Crippen LogP contribution in [0.5, 0.6) is 0 Å². The fourth-order valence-corrected chi connectivity index (χ4v) is 1.33. The van der Waals surface area contributed by atoms with E-state index in [0.717, 1.165) is 12.7 Å². The molecule has 0 rings (SSSR count). The highest BCUT2D eigenvalue weighted by molar-refractivity contribution is 9.09. The second kappa shape index (κ2) is 5.70. The summed E-state index contributed by atoms with van der Waals surface area (Å²) < 4.78 is 22.0. The van der Waals surface area contributed by atoms with Gasteiger partial charge in [0.1, 0.15) is 5.25 Å². The van der Waals surface area contributed by atoms with Crippen molar-refractivity contribution >= 4 is 31.7 Å². The van der Waals surface area contributed by atoms with Crippen LogP contribution in [0, 0.1) is 0 Å². The average molecular weight is 286 g/mol. The van der Waals surface area contributed by atoms with Crippen LogP contribution in [0.15, 0.2) is 0 Å². The van der Waals surface area contributed by atoms with E-state index in [1.165, 1.54) is 6.92 Å². The molecule has 1 N–H and O–H groups in total. The molecule has 0 saturated carbocycles. The maximum absolute atomic E-state index is 11.3. The number of rotatable bonds is 5. The predicted molar refractivity (Wildman–Crippen MR) is 60.3 cm³/mol. The molecule has 0 fully saturated rings. The molecule has 14 heavy (non-hydrogen) atoms. The molecule has 0 aromatic carbocycles. The van der Waals surface area contributed by atoms with Crippen LogP contribution in [0.1, 0.15) is 20.3 Å². The Morgan fingerprint density at radius 1 is 1.50 bits per heavy atom. The van der Waals surface area contributed by atoms with Gasteiger partial charge in [0.05, 0.1) is 0 Å². The van der Waals surface area contributed by atoms with Gasteiger partial charge in [0.15, 0.2) is 9.84 Å². The fourth-order valence-electron chi connectivity index (χ4n) is 0.694. The van der Waals surface area contributed by atoms with Crippen molar-refractivity contribution in [3.05, 3.63) is 0 Å². The number of carbonyl (C=O) groups is 1. The Bertz CT molecular complexity index is 289. The first-order valence-electron chi connectivity index (χ1n) is 4.39. The Labute approximate surface area is 93.5 Å². The fraction of sp³-hybridized carbons (Fsp3) is 0.875. The van der Waals surface area contributed by atoms with Gasteiger partial charge in [0.2, 0.25) is 5.91 Å². The van der Waals surface area contributed by atoms with Crippen LogP contribution in [0.25, 0.3) is 0 Å². The highest BCUT2D eigenvalue weighted by atomic mass is 79.9. The van der Waals surface area contributed by atoms with E-state index in [1.54, 1.807) is 0 Å². The van der Waals surface area contributed by atoms with Crippen LogP contribution in [-0.4, -0.2) is 37.2 Å². The summed E-state index contributed by atoms with van der Waals surface area (Å²) in [6.07, 6.45) is 1.94. The number of halogens is 1. The van der Waals surface area contributed by atoms with Crippen molar-refractivity contribution in [3.63, 3.8) is 0 Å². The normalized spacial score (nSPS) is 16.0. The summed E-state index contributed by atoms with van der Waals surface area (Å²) in [6.45, 7) is 3.82. The molecule has 0 spiro atoms. The first-order chi connectivity index (χ1) is 6.29. The molecular formula is C8H16BrNO3S. The molecule has 6 heteroatoms. The standard InChI is InChI=1S/C8H16BrNO3S/c1-4-7(9)5-10-8(11)6(2)14(3,12)13/h6-7H,4-5H2,1-3H3,(H,10,11). The molecule has 0 aliphatic heterocycles. The van der Waals surface area contributed by atoms with E-state index in [2.05, 4.69) is 21.2 Å². The van der Waals surface area contributed by atoms with Crippen molar-refractivity contribution in [2.45, 2.75) is 30.3 Å². The second-order valence-corrected chi connectivity index (χ2v) is 6.88. The lowest BCUT2D eigenvalue weighted by atomic mass is 10.3. The van der Waals surface area contributed by atoms with E-state index in [9.17, 15) is 13.2 Å². The molecule has 84 valence electrons. The minimum Gasteiger partial charge on any atom is -0.354 e. The maximum Gasteiger partial charge on any atom is 0.238 e. The maximum atomic E-state index is 11.3. The molecule has 0 saturated heterocycles. The summed E-state index contributed by atoms with van der Waals surface area (Å²) in [5.41, 5.74) is 0. The molecule has 0 aliphatic carbocycles. The molecular weight excluding hydrogens is 270 g/mol. The zero-order valence-electron chi connectivity index (χ0n) is 8.58. The van der Waals surface area contributed by atoms with Crippen molar-refractivity contribution in [3.8, 4) is 0 Å². The first kappa shape index (κ1) is 13.9. The van der Waals surface area contributed by atoms with E-state index in [4.69, 9.17) is 0 Å². The predicted octanol–water partition coefficient (Wildman–Crippen LogP) is 0.709. The van der Waals surface area contributed by atoms with E-state index in [0.29, 0.717) is 6.54 Å². The zero-order valence-corrected chi connectivity index (χ0v) is 11.0. The number of amides is 1. The third-order valence-corrected chi connectivity index (χ3v) is 4.42. The Morgan fingerprint density at radius 2 is 2.00 bits per heavy atom. The van der Waals surface area contributed by atoms with Gasteiger partial charge in [-0.3, -0.25) is 4.79 Å². The lowest BCUT2D eigenvalue weighted by Gasteiger charge is -2.12. The lowest BCUT2D eigenvalue weighted by Crippen LogP contribution is -2.39. The minimum atomic E-state index is -3.28. The Kier molecular flexibility index (Phi) is 5.66. The van der Waals surface area contributed by atoms with Gasteiger partial charge in [-0.15, -0.1) is 0 Å². The molecule has 0 heterocycles. The highest BCUT2D eigenvalue weighted by Gasteiger charge is 2.23. The van der Waals surface area contributed by atoms with Crippen LogP contribution in [0.3, 0.4) is 0 Å². The number of hydrogen-bond acceptors (Lipinski definition) is 3. The monoisotopic (exact) mass is 285 g/mol. The van der Waals surface area contributed by atoms with Crippen LogP contribution < -0.4 is 5.32 Å². The van der Waals surface area contributed by atoms with E-state index >= 15 is 0 Å². The van der Waals surface area contributed by atoms with Crippen LogP contribution in [0.2, 0.25) is 0 Å². The van der Waals surface area contributed by atoms with Crippen molar-refractivity contribution in [2.75, 3.05) is 12.8 Å². The Morgan fingerprint density at radius 3 is 2.36 bits per heavy atom. The second-order valence-electron chi connectivity index (χ2n) is 3.22. The molecule has 4 nitrogen and oxygen atoms in total. The van der Waals surface area contributed by atoms with Gasteiger partial charge < -0.3 is 5.32 Å². The Balaban J connectivity index is 4.11. The minimum absolute atomic E-state index is 0.193. The molecule has 0 radical (unpaired) electrons. The van der Waals surface area contributed by atoms with E-state index in [1.807, 2.05) is 6.92 Å². The highest BCUT2D eigenvalue weighted by Crippen LogP contribution is 2.03. The summed E-state index contributed by atoms with van der Waals surface area (Å²) in [7, 11) is -3.28. The SMILES string of the molecule is CCC(Br)CNC(=O)C(C)S(C)(=O)=O. The molecule has 2 atom stereocenters. The number of alkyl halides is 1. The molecule has 0 aromatic heterocycles. The third-order valence-electron chi connectivity index (χ3n) is 1.95. The molecule has 0 aliphatic rings. The van der Waals surface area contributed by atoms with E-state index < -0.39 is 21.0 Å². The van der Waals surface area contributed by atoms with Gasteiger partial charge in [-0.05, 0) is 13.3 Å². The number of nitrogens with one attached hydrogen (secondary N) is 1. The number of hydrogen-bond donors (Lipinski definition) is 1. The van der Waals surface area contributed by atoms with Gasteiger partial charge in [-0.1, -0.05) is 22.9 Å². The largest absolute Gasteiger partial charge is 0.354 e. The summed E-state index contributed by atoms with van der Waals surface area (Å²) in [5, 5.41) is 1.60. The topological polar surface area (TPSA) is 63.2 Å². The Hall–Kier alpha value is -0.100. The molecule has 0 bridgehead atoms. The van der Waals surface area contributed by atoms with E-state index in [-0.39, 0.29) is 4.83 Å². The third kappa shape index (κ3) is 4.95. The first-order valence-corrected chi connectivity index (χ1v) is 7.26. The van der Waals surface area contributed by atoms with Crippen LogP contribution >= 0.6 is 15.9 Å². The van der Waals surface area contributed by atoms with Gasteiger partial charge in [0, 0.05) is 17.6 Å². The van der Waals surface area contributed by atoms with Gasteiger partial charge in [0.25, 0.3) is 0 Å². The van der Waals surface area contributed by atoms with Crippen molar-refractivity contribution in [1.82, 2.24) is 5.32 Å². The molecule has 2 unspecified atom stereocenters. The average Bonchev–Trinajstić information content (AvgIpc) is 2.10. The quantitative estimate of drug-likeness (QED) is 0.757. The summed E-state index contributed by atoms with van der Waals surface area (Å²) in [6, 6.07) is 0. The van der Waals surface area contributed by atoms with Crippen LogP contribution in [0.4, 0.5) is 0 Å². The molecule has 1 amide bonds. The van der Waals surface area contributed by atoms with Gasteiger partial charge in [-0.2, -0.15) is 0 Å². The summed E-state index contributed by atoms with van der Waals surface area (Å²) in [4.78, 5) is 11.5. The molecule has 0 aromatic rings.